The van der Waals surface area contributed by atoms with E-state index in [-0.39, 0.29) is 0 Å². The van der Waals surface area contributed by atoms with Crippen molar-refractivity contribution in [3.8, 4) is 0 Å². The van der Waals surface area contributed by atoms with Crippen molar-refractivity contribution in [3.63, 3.8) is 0 Å². The lowest BCUT2D eigenvalue weighted by molar-refractivity contribution is -0.114. The summed E-state index contributed by atoms with van der Waals surface area (Å²) >= 11 is 0. The van der Waals surface area contributed by atoms with Gasteiger partial charge in [-0.25, -0.2) is 0 Å². The van der Waals surface area contributed by atoms with Crippen molar-refractivity contribution < 1.29 is 4.79 Å². The van der Waals surface area contributed by atoms with Crippen molar-refractivity contribution in [2.75, 3.05) is 0 Å². The minimum absolute atomic E-state index is 0.374. The summed E-state index contributed by atoms with van der Waals surface area (Å²) in [7, 11) is 0. The molecule has 1 fully saturated rings. The number of hydrogen-bond acceptors (Lipinski definition) is 2. The second-order valence-electron chi connectivity index (χ2n) is 3.38. The largest absolute Gasteiger partial charge is 0.319 e. The molecule has 0 aromatic rings. The molecule has 10 heavy (non-hydrogen) atoms. The molecule has 1 saturated carbocycles. The Labute approximate surface area is 61.8 Å². The zero-order valence-corrected chi connectivity index (χ0v) is 6.47. The molecule has 0 aliphatic heterocycles. The van der Waals surface area contributed by atoms with Gasteiger partial charge in [-0.2, -0.15) is 0 Å². The van der Waals surface area contributed by atoms with Crippen LogP contribution < -0.4 is 5.73 Å². The Hall–Kier alpha value is -0.370. The van der Waals surface area contributed by atoms with Crippen LogP contribution in [0.4, 0.5) is 0 Å². The van der Waals surface area contributed by atoms with Crippen LogP contribution in [0.15, 0.2) is 0 Å². The summed E-state index contributed by atoms with van der Waals surface area (Å²) in [5.41, 5.74) is 5.33. The molecule has 58 valence electrons. The Morgan fingerprint density at radius 3 is 2.70 bits per heavy atom. The van der Waals surface area contributed by atoms with Crippen molar-refractivity contribution in [2.45, 2.75) is 38.1 Å². The molecule has 2 atom stereocenters. The van der Waals surface area contributed by atoms with Gasteiger partial charge in [0, 0.05) is 0 Å². The van der Waals surface area contributed by atoms with Crippen molar-refractivity contribution >= 4 is 6.29 Å². The molecule has 2 heteroatoms. The second kappa shape index (κ2) is 2.70. The number of hydrogen-bond donors (Lipinski definition) is 1. The minimum Gasteiger partial charge on any atom is -0.319 e. The van der Waals surface area contributed by atoms with Gasteiger partial charge in [0.1, 0.15) is 6.29 Å². The van der Waals surface area contributed by atoms with Gasteiger partial charge in [0.25, 0.3) is 0 Å². The second-order valence-corrected chi connectivity index (χ2v) is 3.38. The molecule has 0 aromatic heterocycles. The van der Waals surface area contributed by atoms with Gasteiger partial charge in [0.05, 0.1) is 5.54 Å². The molecule has 2 N–H and O–H groups in total. The molecule has 2 unspecified atom stereocenters. The van der Waals surface area contributed by atoms with E-state index in [1.165, 1.54) is 6.42 Å². The van der Waals surface area contributed by atoms with E-state index in [1.54, 1.807) is 0 Å². The van der Waals surface area contributed by atoms with Gasteiger partial charge in [0.15, 0.2) is 0 Å². The summed E-state index contributed by atoms with van der Waals surface area (Å²) in [5, 5.41) is 0. The Morgan fingerprint density at radius 2 is 2.30 bits per heavy atom. The highest BCUT2D eigenvalue weighted by Crippen LogP contribution is 2.29. The van der Waals surface area contributed by atoms with Crippen LogP contribution in [-0.4, -0.2) is 11.8 Å². The normalized spacial score (nSPS) is 41.2. The zero-order valence-electron chi connectivity index (χ0n) is 6.47. The summed E-state index contributed by atoms with van der Waals surface area (Å²) in [5.74, 6) is 0.374. The van der Waals surface area contributed by atoms with Gasteiger partial charge in [-0.1, -0.05) is 19.8 Å². The third-order valence-electron chi connectivity index (χ3n) is 2.63. The number of carbonyl (C=O) groups is 1. The van der Waals surface area contributed by atoms with E-state index in [9.17, 15) is 4.79 Å². The zero-order chi connectivity index (χ0) is 7.61. The summed E-state index contributed by atoms with van der Waals surface area (Å²) in [6.07, 6.45) is 5.25. The molecule has 0 saturated heterocycles. The first-order valence-electron chi connectivity index (χ1n) is 3.94. The van der Waals surface area contributed by atoms with E-state index in [1.807, 2.05) is 0 Å². The molecule has 0 bridgehead atoms. The fraction of sp³-hybridized carbons (Fsp3) is 0.875. The van der Waals surface area contributed by atoms with Crippen molar-refractivity contribution in [1.82, 2.24) is 0 Å². The van der Waals surface area contributed by atoms with Crippen LogP contribution in [0.5, 0.6) is 0 Å². The van der Waals surface area contributed by atoms with Crippen LogP contribution in [0.2, 0.25) is 0 Å². The van der Waals surface area contributed by atoms with E-state index in [4.69, 9.17) is 5.73 Å². The maximum atomic E-state index is 10.6. The van der Waals surface area contributed by atoms with E-state index in [2.05, 4.69) is 6.92 Å². The summed E-state index contributed by atoms with van der Waals surface area (Å²) in [6.45, 7) is 2.06. The molecular weight excluding hydrogens is 126 g/mol. The maximum absolute atomic E-state index is 10.6. The predicted molar refractivity (Wildman–Crippen MR) is 40.6 cm³/mol. The maximum Gasteiger partial charge on any atom is 0.140 e. The quantitative estimate of drug-likeness (QED) is 0.555. The third-order valence-corrected chi connectivity index (χ3v) is 2.63. The molecule has 1 aliphatic rings. The SMILES string of the molecule is CC1CCCCC1(N)C=O. The highest BCUT2D eigenvalue weighted by atomic mass is 16.1. The lowest BCUT2D eigenvalue weighted by atomic mass is 9.75. The van der Waals surface area contributed by atoms with E-state index in [0.717, 1.165) is 25.5 Å². The van der Waals surface area contributed by atoms with Gasteiger partial charge in [-0.15, -0.1) is 0 Å². The van der Waals surface area contributed by atoms with E-state index < -0.39 is 5.54 Å². The highest BCUT2D eigenvalue weighted by molar-refractivity contribution is 5.64. The Kier molecular flexibility index (Phi) is 2.09. The van der Waals surface area contributed by atoms with Crippen molar-refractivity contribution in [1.29, 1.82) is 0 Å². The first kappa shape index (κ1) is 7.73. The Morgan fingerprint density at radius 1 is 1.60 bits per heavy atom. The van der Waals surface area contributed by atoms with Crippen LogP contribution in [0.25, 0.3) is 0 Å². The fourth-order valence-corrected chi connectivity index (χ4v) is 1.57. The van der Waals surface area contributed by atoms with Crippen LogP contribution in [0.1, 0.15) is 32.6 Å². The molecule has 0 radical (unpaired) electrons. The standard InChI is InChI=1S/C8H15NO/c1-7-4-2-3-5-8(7,9)6-10/h6-7H,2-5,9H2,1H3. The van der Waals surface area contributed by atoms with Crippen LogP contribution in [0.3, 0.4) is 0 Å². The van der Waals surface area contributed by atoms with Crippen molar-refractivity contribution in [2.24, 2.45) is 11.7 Å². The van der Waals surface area contributed by atoms with E-state index in [0.29, 0.717) is 5.92 Å². The molecule has 2 nitrogen and oxygen atoms in total. The molecule has 0 aromatic carbocycles. The average molecular weight is 141 g/mol. The van der Waals surface area contributed by atoms with Crippen molar-refractivity contribution in [3.05, 3.63) is 0 Å². The topological polar surface area (TPSA) is 43.1 Å². The van der Waals surface area contributed by atoms with E-state index >= 15 is 0 Å². The summed E-state index contributed by atoms with van der Waals surface area (Å²) in [4.78, 5) is 10.6. The van der Waals surface area contributed by atoms with Gasteiger partial charge >= 0.3 is 0 Å². The molecule has 0 amide bonds. The van der Waals surface area contributed by atoms with Gasteiger partial charge in [-0.3, -0.25) is 0 Å². The Bertz CT molecular complexity index is 135. The number of aldehydes is 1. The fourth-order valence-electron chi connectivity index (χ4n) is 1.57. The molecule has 1 aliphatic carbocycles. The van der Waals surface area contributed by atoms with Crippen LogP contribution >= 0.6 is 0 Å². The molecule has 0 heterocycles. The lowest BCUT2D eigenvalue weighted by Crippen LogP contribution is -2.49. The molecular formula is C8H15NO. The van der Waals surface area contributed by atoms with Gasteiger partial charge in [0.2, 0.25) is 0 Å². The van der Waals surface area contributed by atoms with Gasteiger partial charge in [-0.05, 0) is 18.8 Å². The highest BCUT2D eigenvalue weighted by Gasteiger charge is 2.33. The minimum atomic E-state index is -0.502. The summed E-state index contributed by atoms with van der Waals surface area (Å²) < 4.78 is 0. The first-order chi connectivity index (χ1) is 4.69. The first-order valence-corrected chi connectivity index (χ1v) is 3.94. The third kappa shape index (κ3) is 1.21. The smallest absolute Gasteiger partial charge is 0.140 e. The monoisotopic (exact) mass is 141 g/mol. The molecule has 0 spiro atoms. The van der Waals surface area contributed by atoms with Gasteiger partial charge < -0.3 is 10.5 Å². The number of nitrogens with two attached hydrogens (primary N) is 1. The predicted octanol–water partition coefficient (Wildman–Crippen LogP) is 1.09. The Balaban J connectivity index is 2.62. The average Bonchev–Trinajstić information content (AvgIpc) is 1.96. The number of carbonyl (C=O) groups excluding carboxylic acids is 1. The molecule has 1 rings (SSSR count). The van der Waals surface area contributed by atoms with Crippen LogP contribution in [0, 0.1) is 5.92 Å². The van der Waals surface area contributed by atoms with Crippen LogP contribution in [-0.2, 0) is 4.79 Å². The lowest BCUT2D eigenvalue weighted by Gasteiger charge is -2.34. The number of rotatable bonds is 1. The summed E-state index contributed by atoms with van der Waals surface area (Å²) in [6, 6.07) is 0.